The minimum absolute atomic E-state index is 0.395. The summed E-state index contributed by atoms with van der Waals surface area (Å²) in [7, 11) is 0. The summed E-state index contributed by atoms with van der Waals surface area (Å²) in [5.41, 5.74) is 10.4. The van der Waals surface area contributed by atoms with Crippen LogP contribution in [0.3, 0.4) is 0 Å². The van der Waals surface area contributed by atoms with E-state index in [-0.39, 0.29) is 0 Å². The zero-order valence-corrected chi connectivity index (χ0v) is 12.5. The van der Waals surface area contributed by atoms with Crippen LogP contribution in [0.1, 0.15) is 36.6 Å². The number of nitrogens with zero attached hydrogens (tertiary/aromatic N) is 2. The average Bonchev–Trinajstić information content (AvgIpc) is 2.76. The molecule has 18 heavy (non-hydrogen) atoms. The van der Waals surface area contributed by atoms with Crippen molar-refractivity contribution < 1.29 is 0 Å². The van der Waals surface area contributed by atoms with E-state index in [9.17, 15) is 0 Å². The fourth-order valence-electron chi connectivity index (χ4n) is 2.08. The molecule has 2 N–H and O–H groups in total. The third kappa shape index (κ3) is 2.35. The number of aryl methyl sites for hydroxylation is 1. The smallest absolute Gasteiger partial charge is 0.0660 e. The number of halogens is 1. The number of rotatable bonds is 3. The Kier molecular flexibility index (Phi) is 3.88. The first-order chi connectivity index (χ1) is 8.54. The number of hydrogen-bond acceptors (Lipinski definition) is 2. The zero-order chi connectivity index (χ0) is 13.3. The maximum atomic E-state index is 5.77. The number of nitrogens with two attached hydrogens (primary N) is 1. The molecular formula is C14H18BrN3. The van der Waals surface area contributed by atoms with E-state index in [2.05, 4.69) is 60.0 Å². The Balaban J connectivity index is 2.56. The standard InChI is InChI=1S/C14H18BrN3/c1-9(2)14-11(7-16)8-17-18(14)12-5-4-10(3)13(15)6-12/h4-6,8-9H,7,16H2,1-3H3. The molecule has 3 nitrogen and oxygen atoms in total. The van der Waals surface area contributed by atoms with Gasteiger partial charge in [0.2, 0.25) is 0 Å². The van der Waals surface area contributed by atoms with E-state index < -0.39 is 0 Å². The minimum atomic E-state index is 0.395. The highest BCUT2D eigenvalue weighted by Gasteiger charge is 2.14. The molecule has 0 saturated carbocycles. The maximum Gasteiger partial charge on any atom is 0.0660 e. The Morgan fingerprint density at radius 3 is 2.67 bits per heavy atom. The molecule has 1 aromatic heterocycles. The highest BCUT2D eigenvalue weighted by molar-refractivity contribution is 9.10. The molecule has 2 aromatic rings. The first-order valence-electron chi connectivity index (χ1n) is 6.08. The summed E-state index contributed by atoms with van der Waals surface area (Å²) in [6, 6.07) is 6.26. The van der Waals surface area contributed by atoms with Gasteiger partial charge in [-0.2, -0.15) is 5.10 Å². The van der Waals surface area contributed by atoms with Crippen LogP contribution >= 0.6 is 15.9 Å². The summed E-state index contributed by atoms with van der Waals surface area (Å²) >= 11 is 3.56. The summed E-state index contributed by atoms with van der Waals surface area (Å²) in [5.74, 6) is 0.395. The molecule has 0 atom stereocenters. The topological polar surface area (TPSA) is 43.8 Å². The lowest BCUT2D eigenvalue weighted by Gasteiger charge is -2.13. The third-order valence-corrected chi connectivity index (χ3v) is 3.91. The molecule has 0 aliphatic carbocycles. The normalized spacial score (nSPS) is 11.2. The van der Waals surface area contributed by atoms with Crippen LogP contribution in [0, 0.1) is 6.92 Å². The van der Waals surface area contributed by atoms with Crippen molar-refractivity contribution in [1.29, 1.82) is 0 Å². The van der Waals surface area contributed by atoms with Crippen molar-refractivity contribution in [3.8, 4) is 5.69 Å². The fraction of sp³-hybridized carbons (Fsp3) is 0.357. The van der Waals surface area contributed by atoms with Crippen molar-refractivity contribution in [2.45, 2.75) is 33.2 Å². The van der Waals surface area contributed by atoms with Gasteiger partial charge < -0.3 is 5.73 Å². The van der Waals surface area contributed by atoms with Gasteiger partial charge >= 0.3 is 0 Å². The molecule has 4 heteroatoms. The Labute approximate surface area is 116 Å². The summed E-state index contributed by atoms with van der Waals surface area (Å²) in [6.07, 6.45) is 1.86. The van der Waals surface area contributed by atoms with Crippen LogP contribution in [0.4, 0.5) is 0 Å². The van der Waals surface area contributed by atoms with Crippen molar-refractivity contribution in [1.82, 2.24) is 9.78 Å². The molecule has 96 valence electrons. The third-order valence-electron chi connectivity index (χ3n) is 3.05. The van der Waals surface area contributed by atoms with E-state index in [0.717, 1.165) is 15.7 Å². The van der Waals surface area contributed by atoms with E-state index in [1.165, 1.54) is 11.3 Å². The Morgan fingerprint density at radius 2 is 2.11 bits per heavy atom. The quantitative estimate of drug-likeness (QED) is 0.942. The predicted octanol–water partition coefficient (Wildman–Crippen LogP) is 3.53. The summed E-state index contributed by atoms with van der Waals surface area (Å²) in [4.78, 5) is 0. The lowest BCUT2D eigenvalue weighted by atomic mass is 10.1. The summed E-state index contributed by atoms with van der Waals surface area (Å²) in [5, 5.41) is 4.47. The maximum absolute atomic E-state index is 5.77. The first kappa shape index (κ1) is 13.3. The molecule has 0 amide bonds. The fourth-order valence-corrected chi connectivity index (χ4v) is 2.45. The van der Waals surface area contributed by atoms with Gasteiger partial charge in [0, 0.05) is 16.6 Å². The number of benzene rings is 1. The van der Waals surface area contributed by atoms with Gasteiger partial charge in [0.05, 0.1) is 17.6 Å². The Bertz CT molecular complexity index is 558. The van der Waals surface area contributed by atoms with Crippen LogP contribution in [0.2, 0.25) is 0 Å². The van der Waals surface area contributed by atoms with E-state index in [0.29, 0.717) is 12.5 Å². The molecular weight excluding hydrogens is 290 g/mol. The highest BCUT2D eigenvalue weighted by atomic mass is 79.9. The van der Waals surface area contributed by atoms with E-state index in [1.54, 1.807) is 0 Å². The molecule has 0 unspecified atom stereocenters. The van der Waals surface area contributed by atoms with Gasteiger partial charge in [0.25, 0.3) is 0 Å². The number of aromatic nitrogens is 2. The first-order valence-corrected chi connectivity index (χ1v) is 6.87. The van der Waals surface area contributed by atoms with Gasteiger partial charge in [-0.25, -0.2) is 4.68 Å². The second-order valence-electron chi connectivity index (χ2n) is 4.76. The van der Waals surface area contributed by atoms with Gasteiger partial charge in [-0.1, -0.05) is 35.8 Å². The summed E-state index contributed by atoms with van der Waals surface area (Å²) in [6.45, 7) is 6.93. The van der Waals surface area contributed by atoms with Gasteiger partial charge in [-0.15, -0.1) is 0 Å². The second kappa shape index (κ2) is 5.24. The van der Waals surface area contributed by atoms with Gasteiger partial charge in [0.1, 0.15) is 0 Å². The molecule has 0 spiro atoms. The number of hydrogen-bond donors (Lipinski definition) is 1. The van der Waals surface area contributed by atoms with Crippen molar-refractivity contribution >= 4 is 15.9 Å². The average molecular weight is 308 g/mol. The lowest BCUT2D eigenvalue weighted by Crippen LogP contribution is -2.07. The van der Waals surface area contributed by atoms with E-state index >= 15 is 0 Å². The molecule has 2 rings (SSSR count). The molecule has 0 radical (unpaired) electrons. The van der Waals surface area contributed by atoms with Crippen LogP contribution in [0.15, 0.2) is 28.9 Å². The van der Waals surface area contributed by atoms with E-state index in [1.807, 2.05) is 10.9 Å². The zero-order valence-electron chi connectivity index (χ0n) is 10.9. The monoisotopic (exact) mass is 307 g/mol. The highest BCUT2D eigenvalue weighted by Crippen LogP contribution is 2.25. The minimum Gasteiger partial charge on any atom is -0.326 e. The van der Waals surface area contributed by atoms with Crippen molar-refractivity contribution in [2.24, 2.45) is 5.73 Å². The Morgan fingerprint density at radius 1 is 1.39 bits per heavy atom. The van der Waals surface area contributed by atoms with Crippen LogP contribution in [0.5, 0.6) is 0 Å². The lowest BCUT2D eigenvalue weighted by molar-refractivity contribution is 0.725. The predicted molar refractivity (Wildman–Crippen MR) is 78.0 cm³/mol. The molecule has 0 saturated heterocycles. The van der Waals surface area contributed by atoms with Gasteiger partial charge in [0.15, 0.2) is 0 Å². The largest absolute Gasteiger partial charge is 0.326 e. The SMILES string of the molecule is Cc1ccc(-n2ncc(CN)c2C(C)C)cc1Br. The molecule has 1 aromatic carbocycles. The Hall–Kier alpha value is -1.13. The van der Waals surface area contributed by atoms with Crippen LogP contribution in [0.25, 0.3) is 5.69 Å². The molecule has 0 aliphatic heterocycles. The molecule has 1 heterocycles. The van der Waals surface area contributed by atoms with Crippen molar-refractivity contribution in [2.75, 3.05) is 0 Å². The van der Waals surface area contributed by atoms with E-state index in [4.69, 9.17) is 5.73 Å². The van der Waals surface area contributed by atoms with Crippen LogP contribution in [-0.4, -0.2) is 9.78 Å². The second-order valence-corrected chi connectivity index (χ2v) is 5.61. The van der Waals surface area contributed by atoms with Gasteiger partial charge in [-0.3, -0.25) is 0 Å². The van der Waals surface area contributed by atoms with Crippen LogP contribution in [-0.2, 0) is 6.54 Å². The van der Waals surface area contributed by atoms with Gasteiger partial charge in [-0.05, 0) is 30.5 Å². The summed E-state index contributed by atoms with van der Waals surface area (Å²) < 4.78 is 3.08. The van der Waals surface area contributed by atoms with Crippen molar-refractivity contribution in [3.63, 3.8) is 0 Å². The van der Waals surface area contributed by atoms with Crippen molar-refractivity contribution in [3.05, 3.63) is 45.7 Å². The van der Waals surface area contributed by atoms with Crippen LogP contribution < -0.4 is 5.73 Å². The molecule has 0 aliphatic rings. The molecule has 0 bridgehead atoms. The molecule has 0 fully saturated rings.